The van der Waals surface area contributed by atoms with Gasteiger partial charge in [0.1, 0.15) is 10.8 Å². The number of nitrogens with zero attached hydrogens (tertiary/aromatic N) is 2. The fraction of sp³-hybridized carbons (Fsp3) is 0.200. The van der Waals surface area contributed by atoms with E-state index in [1.165, 1.54) is 17.8 Å². The molecule has 0 fully saturated rings. The topological polar surface area (TPSA) is 35.0 Å². The van der Waals surface area contributed by atoms with Crippen LogP contribution in [0.3, 0.4) is 0 Å². The van der Waals surface area contributed by atoms with Gasteiger partial charge in [-0.05, 0) is 55.0 Å². The van der Waals surface area contributed by atoms with Gasteiger partial charge in [-0.15, -0.1) is 10.2 Å². The van der Waals surface area contributed by atoms with Crippen molar-refractivity contribution in [1.29, 1.82) is 0 Å². The van der Waals surface area contributed by atoms with Crippen molar-refractivity contribution in [3.05, 3.63) is 71.8 Å². The van der Waals surface area contributed by atoms with Crippen LogP contribution in [0.25, 0.3) is 11.3 Å². The Balaban J connectivity index is 1.64. The van der Waals surface area contributed by atoms with Crippen LogP contribution in [0.4, 0.5) is 13.2 Å². The summed E-state index contributed by atoms with van der Waals surface area (Å²) in [5, 5.41) is 9.02. The number of benzene rings is 2. The van der Waals surface area contributed by atoms with Gasteiger partial charge in [0.2, 0.25) is 0 Å². The van der Waals surface area contributed by atoms with E-state index in [0.717, 1.165) is 29.1 Å². The number of halogens is 3. The van der Waals surface area contributed by atoms with Gasteiger partial charge in [-0.1, -0.05) is 30.0 Å². The van der Waals surface area contributed by atoms with Crippen LogP contribution in [0.2, 0.25) is 0 Å². The highest BCUT2D eigenvalue weighted by Crippen LogP contribution is 2.31. The molecular formula is C20H17F3N2OS. The van der Waals surface area contributed by atoms with E-state index in [1.807, 2.05) is 43.3 Å². The lowest BCUT2D eigenvalue weighted by molar-refractivity contribution is -0.137. The van der Waals surface area contributed by atoms with E-state index in [1.54, 1.807) is 6.07 Å². The van der Waals surface area contributed by atoms with Crippen LogP contribution < -0.4 is 4.74 Å². The van der Waals surface area contributed by atoms with Crippen LogP contribution in [-0.2, 0) is 11.9 Å². The monoisotopic (exact) mass is 390 g/mol. The van der Waals surface area contributed by atoms with Crippen LogP contribution in [0, 0.1) is 0 Å². The molecule has 0 unspecified atom stereocenters. The molecule has 0 saturated carbocycles. The Hall–Kier alpha value is -2.54. The lowest BCUT2D eigenvalue weighted by atomic mass is 10.1. The molecule has 0 amide bonds. The van der Waals surface area contributed by atoms with E-state index in [9.17, 15) is 13.2 Å². The van der Waals surface area contributed by atoms with Gasteiger partial charge in [-0.2, -0.15) is 13.2 Å². The minimum atomic E-state index is -4.33. The van der Waals surface area contributed by atoms with Gasteiger partial charge in [-0.25, -0.2) is 0 Å². The first-order chi connectivity index (χ1) is 13.0. The highest BCUT2D eigenvalue weighted by atomic mass is 32.2. The average Bonchev–Trinajstić information content (AvgIpc) is 2.67. The summed E-state index contributed by atoms with van der Waals surface area (Å²) in [5.74, 6) is 1.18. The number of hydrogen-bond acceptors (Lipinski definition) is 4. The molecule has 3 nitrogen and oxygen atoms in total. The molecule has 0 radical (unpaired) electrons. The Bertz CT molecular complexity index is 881. The summed E-state index contributed by atoms with van der Waals surface area (Å²) in [6.07, 6.45) is -4.33. The van der Waals surface area contributed by atoms with Gasteiger partial charge >= 0.3 is 6.18 Å². The standard InChI is InChI=1S/C20H17F3N2OS/c1-2-26-17-8-6-15(7-9-17)18-10-11-19(25-24-18)27-13-14-4-3-5-16(12-14)20(21,22)23/h3-12H,2,13H2,1H3. The summed E-state index contributed by atoms with van der Waals surface area (Å²) >= 11 is 1.34. The molecule has 1 aromatic heterocycles. The third kappa shape index (κ3) is 5.23. The molecule has 0 aliphatic heterocycles. The molecule has 7 heteroatoms. The molecule has 0 spiro atoms. The molecular weight excluding hydrogens is 373 g/mol. The first-order valence-electron chi connectivity index (χ1n) is 8.31. The maximum absolute atomic E-state index is 12.8. The molecule has 0 aliphatic rings. The largest absolute Gasteiger partial charge is 0.494 e. The van der Waals surface area contributed by atoms with Crippen LogP contribution in [0.15, 0.2) is 65.7 Å². The van der Waals surface area contributed by atoms with Crippen LogP contribution in [0.1, 0.15) is 18.1 Å². The third-order valence-electron chi connectivity index (χ3n) is 3.74. The second kappa shape index (κ2) is 8.43. The molecule has 0 N–H and O–H groups in total. The van der Waals surface area contributed by atoms with Gasteiger partial charge in [0.05, 0.1) is 17.9 Å². The quantitative estimate of drug-likeness (QED) is 0.494. The molecule has 3 aromatic rings. The fourth-order valence-corrected chi connectivity index (χ4v) is 3.19. The predicted molar refractivity (Wildman–Crippen MR) is 99.6 cm³/mol. The Morgan fingerprint density at radius 3 is 2.37 bits per heavy atom. The zero-order valence-corrected chi connectivity index (χ0v) is 15.3. The normalized spacial score (nSPS) is 11.4. The van der Waals surface area contributed by atoms with E-state index in [2.05, 4.69) is 10.2 Å². The van der Waals surface area contributed by atoms with Gasteiger partial charge < -0.3 is 4.74 Å². The van der Waals surface area contributed by atoms with Crippen molar-refractivity contribution < 1.29 is 17.9 Å². The van der Waals surface area contributed by atoms with E-state index in [-0.39, 0.29) is 0 Å². The lowest BCUT2D eigenvalue weighted by Gasteiger charge is -2.08. The van der Waals surface area contributed by atoms with E-state index in [4.69, 9.17) is 4.74 Å². The van der Waals surface area contributed by atoms with Crippen molar-refractivity contribution in [2.45, 2.75) is 23.9 Å². The summed E-state index contributed by atoms with van der Waals surface area (Å²) in [6, 6.07) is 16.5. The van der Waals surface area contributed by atoms with Crippen molar-refractivity contribution >= 4 is 11.8 Å². The Morgan fingerprint density at radius 1 is 0.963 bits per heavy atom. The maximum Gasteiger partial charge on any atom is 0.416 e. The van der Waals surface area contributed by atoms with Crippen molar-refractivity contribution in [3.8, 4) is 17.0 Å². The molecule has 3 rings (SSSR count). The predicted octanol–water partition coefficient (Wildman–Crippen LogP) is 5.85. The highest BCUT2D eigenvalue weighted by Gasteiger charge is 2.30. The van der Waals surface area contributed by atoms with Gasteiger partial charge in [0.25, 0.3) is 0 Å². The number of ether oxygens (including phenoxy) is 1. The SMILES string of the molecule is CCOc1ccc(-c2ccc(SCc3cccc(C(F)(F)F)c3)nn2)cc1. The first-order valence-corrected chi connectivity index (χ1v) is 9.30. The molecule has 0 atom stereocenters. The first kappa shape index (κ1) is 19.2. The summed E-state index contributed by atoms with van der Waals surface area (Å²) in [6.45, 7) is 2.53. The Kier molecular flexibility index (Phi) is 6.01. The minimum absolute atomic E-state index is 0.390. The minimum Gasteiger partial charge on any atom is -0.494 e. The number of hydrogen-bond donors (Lipinski definition) is 0. The lowest BCUT2D eigenvalue weighted by Crippen LogP contribution is -2.04. The van der Waals surface area contributed by atoms with Gasteiger partial charge in [0, 0.05) is 11.3 Å². The number of aromatic nitrogens is 2. The van der Waals surface area contributed by atoms with Crippen molar-refractivity contribution in [2.24, 2.45) is 0 Å². The maximum atomic E-state index is 12.8. The fourth-order valence-electron chi connectivity index (χ4n) is 2.43. The van der Waals surface area contributed by atoms with Crippen LogP contribution in [0.5, 0.6) is 5.75 Å². The van der Waals surface area contributed by atoms with Crippen molar-refractivity contribution in [3.63, 3.8) is 0 Å². The van der Waals surface area contributed by atoms with Crippen molar-refractivity contribution in [2.75, 3.05) is 6.61 Å². The molecule has 1 heterocycles. The Labute approximate surface area is 159 Å². The van der Waals surface area contributed by atoms with E-state index < -0.39 is 11.7 Å². The van der Waals surface area contributed by atoms with Gasteiger partial charge in [-0.3, -0.25) is 0 Å². The highest BCUT2D eigenvalue weighted by molar-refractivity contribution is 7.98. The summed E-state index contributed by atoms with van der Waals surface area (Å²) in [5.41, 5.74) is 1.59. The van der Waals surface area contributed by atoms with Crippen LogP contribution in [-0.4, -0.2) is 16.8 Å². The molecule has 0 saturated heterocycles. The molecule has 27 heavy (non-hydrogen) atoms. The number of rotatable bonds is 6. The smallest absolute Gasteiger partial charge is 0.416 e. The molecule has 2 aromatic carbocycles. The van der Waals surface area contributed by atoms with E-state index >= 15 is 0 Å². The summed E-state index contributed by atoms with van der Waals surface area (Å²) in [4.78, 5) is 0. The van der Waals surface area contributed by atoms with Crippen LogP contribution >= 0.6 is 11.8 Å². The summed E-state index contributed by atoms with van der Waals surface area (Å²) < 4.78 is 43.7. The van der Waals surface area contributed by atoms with Gasteiger partial charge in [0.15, 0.2) is 0 Å². The average molecular weight is 390 g/mol. The molecule has 0 aliphatic carbocycles. The van der Waals surface area contributed by atoms with Crippen molar-refractivity contribution in [1.82, 2.24) is 10.2 Å². The number of thioether (sulfide) groups is 1. The molecule has 0 bridgehead atoms. The second-order valence-corrected chi connectivity index (χ2v) is 6.70. The second-order valence-electron chi connectivity index (χ2n) is 5.70. The van der Waals surface area contributed by atoms with E-state index in [0.29, 0.717) is 22.9 Å². The zero-order chi connectivity index (χ0) is 19.3. The summed E-state index contributed by atoms with van der Waals surface area (Å²) in [7, 11) is 0. The zero-order valence-electron chi connectivity index (χ0n) is 14.5. The Morgan fingerprint density at radius 2 is 1.74 bits per heavy atom. The molecule has 140 valence electrons. The number of alkyl halides is 3. The third-order valence-corrected chi connectivity index (χ3v) is 4.73.